The van der Waals surface area contributed by atoms with Crippen LogP contribution >= 0.6 is 11.8 Å². The second-order valence-corrected chi connectivity index (χ2v) is 4.83. The molecule has 74 valence electrons. The van der Waals surface area contributed by atoms with Crippen molar-refractivity contribution in [2.45, 2.75) is 23.5 Å². The average Bonchev–Trinajstić information content (AvgIpc) is 2.18. The molecule has 0 aromatic heterocycles. The maximum absolute atomic E-state index is 4.87. The smallest absolute Gasteiger partial charge is 0.106 e. The monoisotopic (exact) mass is 207 g/mol. The molecular weight excluding hydrogens is 194 g/mol. The van der Waals surface area contributed by atoms with E-state index in [0.29, 0.717) is 5.25 Å². The molecule has 0 bridgehead atoms. The van der Waals surface area contributed by atoms with Crippen LogP contribution in [0.3, 0.4) is 0 Å². The van der Waals surface area contributed by atoms with Gasteiger partial charge in [-0.2, -0.15) is 0 Å². The molecule has 14 heavy (non-hydrogen) atoms. The van der Waals surface area contributed by atoms with Crippen LogP contribution in [0.4, 0.5) is 0 Å². The molecule has 0 amide bonds. The minimum atomic E-state index is 0.582. The van der Waals surface area contributed by atoms with Crippen molar-refractivity contribution in [1.82, 2.24) is 0 Å². The lowest BCUT2D eigenvalue weighted by atomic mass is 10.1. The van der Waals surface area contributed by atoms with Crippen LogP contribution in [-0.2, 0) is 4.84 Å². The first-order valence-corrected chi connectivity index (χ1v) is 5.55. The second kappa shape index (κ2) is 4.05. The van der Waals surface area contributed by atoms with Gasteiger partial charge in [0.2, 0.25) is 0 Å². The first kappa shape index (κ1) is 9.59. The molecule has 0 saturated heterocycles. The first-order valence-electron chi connectivity index (χ1n) is 4.67. The predicted octanol–water partition coefficient (Wildman–Crippen LogP) is 2.92. The molecule has 0 aliphatic carbocycles. The minimum Gasteiger partial charge on any atom is -0.399 e. The van der Waals surface area contributed by atoms with E-state index in [1.165, 1.54) is 10.5 Å². The average molecular weight is 207 g/mol. The molecular formula is C11H13NOS. The highest BCUT2D eigenvalue weighted by molar-refractivity contribution is 8.00. The summed E-state index contributed by atoms with van der Waals surface area (Å²) < 4.78 is 0. The van der Waals surface area contributed by atoms with Gasteiger partial charge in [-0.3, -0.25) is 0 Å². The van der Waals surface area contributed by atoms with Crippen molar-refractivity contribution < 1.29 is 4.84 Å². The number of benzene rings is 1. The van der Waals surface area contributed by atoms with E-state index in [1.54, 1.807) is 7.11 Å². The normalized spacial score (nSPS) is 23.3. The highest BCUT2D eigenvalue weighted by atomic mass is 32.2. The molecule has 1 heterocycles. The van der Waals surface area contributed by atoms with Crippen LogP contribution < -0.4 is 0 Å². The molecule has 0 spiro atoms. The molecule has 1 atom stereocenters. The van der Waals surface area contributed by atoms with Crippen LogP contribution in [0.25, 0.3) is 0 Å². The maximum Gasteiger partial charge on any atom is 0.106 e. The molecule has 1 aliphatic heterocycles. The van der Waals surface area contributed by atoms with Gasteiger partial charge in [-0.1, -0.05) is 30.3 Å². The third kappa shape index (κ3) is 1.77. The zero-order chi connectivity index (χ0) is 9.97. The van der Waals surface area contributed by atoms with E-state index in [0.717, 1.165) is 12.1 Å². The second-order valence-electron chi connectivity index (χ2n) is 3.35. The highest BCUT2D eigenvalue weighted by Crippen LogP contribution is 2.34. The number of nitrogens with zero attached hydrogens (tertiary/aromatic N) is 1. The van der Waals surface area contributed by atoms with Gasteiger partial charge >= 0.3 is 0 Å². The molecule has 0 saturated carbocycles. The molecule has 1 aromatic rings. The zero-order valence-corrected chi connectivity index (χ0v) is 9.17. The van der Waals surface area contributed by atoms with E-state index in [1.807, 2.05) is 17.8 Å². The van der Waals surface area contributed by atoms with E-state index < -0.39 is 0 Å². The Hall–Kier alpha value is -0.960. The minimum absolute atomic E-state index is 0.582. The highest BCUT2D eigenvalue weighted by Gasteiger charge is 2.21. The fourth-order valence-electron chi connectivity index (χ4n) is 1.65. The summed E-state index contributed by atoms with van der Waals surface area (Å²) in [5.41, 5.74) is 2.28. The molecule has 1 aliphatic rings. The van der Waals surface area contributed by atoms with Gasteiger partial charge in [-0.15, -0.1) is 11.8 Å². The number of hydrogen-bond acceptors (Lipinski definition) is 3. The summed E-state index contributed by atoms with van der Waals surface area (Å²) in [6.45, 7) is 2.21. The Balaban J connectivity index is 2.43. The largest absolute Gasteiger partial charge is 0.399 e. The zero-order valence-electron chi connectivity index (χ0n) is 8.36. The summed E-state index contributed by atoms with van der Waals surface area (Å²) in [7, 11) is 1.60. The third-order valence-electron chi connectivity index (χ3n) is 2.21. The molecule has 2 nitrogen and oxygen atoms in total. The van der Waals surface area contributed by atoms with Gasteiger partial charge in [-0.05, 0) is 6.07 Å². The Bertz CT molecular complexity index is 362. The summed E-state index contributed by atoms with van der Waals surface area (Å²) in [5.74, 6) is 0. The lowest BCUT2D eigenvalue weighted by molar-refractivity contribution is 0.212. The van der Waals surface area contributed by atoms with Crippen LogP contribution in [0, 0.1) is 0 Å². The van der Waals surface area contributed by atoms with Gasteiger partial charge in [0.25, 0.3) is 0 Å². The van der Waals surface area contributed by atoms with E-state index in [-0.39, 0.29) is 0 Å². The summed E-state index contributed by atoms with van der Waals surface area (Å²) in [5, 5.41) is 4.66. The Morgan fingerprint density at radius 1 is 1.43 bits per heavy atom. The van der Waals surface area contributed by atoms with Crippen LogP contribution in [0.5, 0.6) is 0 Å². The van der Waals surface area contributed by atoms with Crippen LogP contribution in [0.15, 0.2) is 34.3 Å². The summed E-state index contributed by atoms with van der Waals surface area (Å²) >= 11 is 1.91. The van der Waals surface area contributed by atoms with Gasteiger partial charge < -0.3 is 4.84 Å². The van der Waals surface area contributed by atoms with Crippen molar-refractivity contribution in [2.75, 3.05) is 7.11 Å². The molecule has 1 aromatic carbocycles. The number of thioether (sulfide) groups is 1. The Labute approximate surface area is 88.3 Å². The number of fused-ring (bicyclic) bond motifs is 1. The van der Waals surface area contributed by atoms with Crippen molar-refractivity contribution >= 4 is 17.5 Å². The van der Waals surface area contributed by atoms with Crippen molar-refractivity contribution in [3.05, 3.63) is 29.8 Å². The number of oxime groups is 1. The third-order valence-corrected chi connectivity index (χ3v) is 3.39. The van der Waals surface area contributed by atoms with Crippen molar-refractivity contribution in [2.24, 2.45) is 5.16 Å². The summed E-state index contributed by atoms with van der Waals surface area (Å²) in [6, 6.07) is 8.35. The van der Waals surface area contributed by atoms with Gasteiger partial charge in [0, 0.05) is 22.1 Å². The first-order chi connectivity index (χ1) is 6.81. The van der Waals surface area contributed by atoms with E-state index in [9.17, 15) is 0 Å². The van der Waals surface area contributed by atoms with Crippen LogP contribution in [-0.4, -0.2) is 18.1 Å². The fourth-order valence-corrected chi connectivity index (χ4v) is 2.79. The maximum atomic E-state index is 4.87. The number of hydrogen-bond donors (Lipinski definition) is 0. The predicted molar refractivity (Wildman–Crippen MR) is 59.9 cm³/mol. The van der Waals surface area contributed by atoms with Gasteiger partial charge in [0.15, 0.2) is 0 Å². The topological polar surface area (TPSA) is 21.6 Å². The molecule has 3 heteroatoms. The standard InChI is InChI=1S/C11H13NOS/c1-8-7-10(12-13-2)9-5-3-4-6-11(9)14-8/h3-6,8H,7H2,1-2H3. The molecule has 2 rings (SSSR count). The van der Waals surface area contributed by atoms with Crippen molar-refractivity contribution in [1.29, 1.82) is 0 Å². The van der Waals surface area contributed by atoms with Crippen molar-refractivity contribution in [3.8, 4) is 0 Å². The Morgan fingerprint density at radius 2 is 2.21 bits per heavy atom. The van der Waals surface area contributed by atoms with Crippen molar-refractivity contribution in [3.63, 3.8) is 0 Å². The molecule has 0 fully saturated rings. The van der Waals surface area contributed by atoms with Gasteiger partial charge in [0.1, 0.15) is 7.11 Å². The summed E-state index contributed by atoms with van der Waals surface area (Å²) in [4.78, 5) is 6.17. The lowest BCUT2D eigenvalue weighted by Crippen LogP contribution is -2.15. The van der Waals surface area contributed by atoms with Gasteiger partial charge in [-0.25, -0.2) is 0 Å². The SMILES string of the molecule is CON=C1CC(C)Sc2ccccc21. The van der Waals surface area contributed by atoms with Crippen LogP contribution in [0.2, 0.25) is 0 Å². The molecule has 0 N–H and O–H groups in total. The fraction of sp³-hybridized carbons (Fsp3) is 0.364. The summed E-state index contributed by atoms with van der Waals surface area (Å²) in [6.07, 6.45) is 0.982. The molecule has 1 unspecified atom stereocenters. The van der Waals surface area contributed by atoms with Crippen LogP contribution in [0.1, 0.15) is 18.9 Å². The van der Waals surface area contributed by atoms with Gasteiger partial charge in [0.05, 0.1) is 5.71 Å². The molecule has 0 radical (unpaired) electrons. The van der Waals surface area contributed by atoms with E-state index in [2.05, 4.69) is 30.3 Å². The number of rotatable bonds is 1. The van der Waals surface area contributed by atoms with E-state index >= 15 is 0 Å². The van der Waals surface area contributed by atoms with E-state index in [4.69, 9.17) is 4.84 Å². The quantitative estimate of drug-likeness (QED) is 0.660. The Kier molecular flexibility index (Phi) is 2.77. The Morgan fingerprint density at radius 3 is 3.00 bits per heavy atom. The lowest BCUT2D eigenvalue weighted by Gasteiger charge is -2.21.